The van der Waals surface area contributed by atoms with Crippen LogP contribution in [0.4, 0.5) is 10.1 Å². The molecule has 0 spiro atoms. The molecule has 0 aliphatic carbocycles. The topological polar surface area (TPSA) is 81.3 Å². The molecule has 0 atom stereocenters. The minimum Gasteiger partial charge on any atom is -0.325 e. The lowest BCUT2D eigenvalue weighted by Crippen LogP contribution is -2.29. The van der Waals surface area contributed by atoms with Gasteiger partial charge in [-0.15, -0.1) is 0 Å². The van der Waals surface area contributed by atoms with Gasteiger partial charge in [-0.25, -0.2) is 13.9 Å². The van der Waals surface area contributed by atoms with Gasteiger partial charge in [0.15, 0.2) is 5.65 Å². The van der Waals surface area contributed by atoms with Crippen LogP contribution in [0.15, 0.2) is 47.4 Å². The monoisotopic (exact) mass is 365 g/mol. The van der Waals surface area contributed by atoms with Gasteiger partial charge in [-0.05, 0) is 55.8 Å². The Hall–Kier alpha value is -3.55. The molecule has 8 heteroatoms. The summed E-state index contributed by atoms with van der Waals surface area (Å²) < 4.78 is 16.2. The normalized spacial score (nSPS) is 11.2. The molecule has 4 rings (SSSR count). The fourth-order valence-electron chi connectivity index (χ4n) is 3.05. The number of rotatable bonds is 3. The van der Waals surface area contributed by atoms with Gasteiger partial charge in [0.1, 0.15) is 17.9 Å². The third-order valence-corrected chi connectivity index (χ3v) is 4.30. The number of anilines is 1. The van der Waals surface area contributed by atoms with Crippen molar-refractivity contribution >= 4 is 28.3 Å². The van der Waals surface area contributed by atoms with E-state index in [-0.39, 0.29) is 17.9 Å². The Morgan fingerprint density at radius 2 is 2.00 bits per heavy atom. The van der Waals surface area contributed by atoms with Gasteiger partial charge in [0, 0.05) is 11.9 Å². The van der Waals surface area contributed by atoms with Gasteiger partial charge in [-0.3, -0.25) is 14.2 Å². The number of aromatic nitrogens is 4. The smallest absolute Gasteiger partial charge is 0.277 e. The van der Waals surface area contributed by atoms with Gasteiger partial charge in [0.2, 0.25) is 5.91 Å². The van der Waals surface area contributed by atoms with Crippen LogP contribution in [-0.2, 0) is 11.3 Å². The molecule has 0 saturated carbocycles. The highest BCUT2D eigenvalue weighted by molar-refractivity contribution is 5.91. The van der Waals surface area contributed by atoms with E-state index in [1.165, 1.54) is 21.2 Å². The Morgan fingerprint density at radius 3 is 2.78 bits per heavy atom. The lowest BCUT2D eigenvalue weighted by Gasteiger charge is -2.12. The second kappa shape index (κ2) is 6.31. The number of fused-ring (bicyclic) bond motifs is 3. The maximum atomic E-state index is 13.4. The number of carbonyl (C=O) groups is 1. The van der Waals surface area contributed by atoms with Gasteiger partial charge in [-0.2, -0.15) is 5.10 Å². The van der Waals surface area contributed by atoms with Crippen LogP contribution in [0, 0.1) is 19.7 Å². The zero-order valence-corrected chi connectivity index (χ0v) is 14.7. The van der Waals surface area contributed by atoms with Crippen LogP contribution >= 0.6 is 0 Å². The van der Waals surface area contributed by atoms with Crippen LogP contribution in [0.2, 0.25) is 0 Å². The summed E-state index contributed by atoms with van der Waals surface area (Å²) >= 11 is 0. The highest BCUT2D eigenvalue weighted by Gasteiger charge is 2.16. The number of nitrogens with one attached hydrogen (secondary N) is 1. The van der Waals surface area contributed by atoms with Gasteiger partial charge in [-0.1, -0.05) is 0 Å². The molecule has 0 aliphatic rings. The summed E-state index contributed by atoms with van der Waals surface area (Å²) in [4.78, 5) is 29.7. The van der Waals surface area contributed by atoms with Crippen molar-refractivity contribution in [3.8, 4) is 0 Å². The lowest BCUT2D eigenvalue weighted by atomic mass is 10.2. The summed E-state index contributed by atoms with van der Waals surface area (Å²) in [7, 11) is 0. The Morgan fingerprint density at radius 1 is 1.19 bits per heavy atom. The summed E-state index contributed by atoms with van der Waals surface area (Å²) in [5.74, 6) is -0.739. The summed E-state index contributed by atoms with van der Waals surface area (Å²) in [5.41, 5.74) is 2.59. The summed E-state index contributed by atoms with van der Waals surface area (Å²) in [5, 5.41) is 7.01. The van der Waals surface area contributed by atoms with Crippen molar-refractivity contribution in [3.63, 3.8) is 0 Å². The highest BCUT2D eigenvalue weighted by Crippen LogP contribution is 2.15. The van der Waals surface area contributed by atoms with Crippen LogP contribution in [0.5, 0.6) is 0 Å². The molecule has 0 bridgehead atoms. The van der Waals surface area contributed by atoms with Crippen molar-refractivity contribution in [1.29, 1.82) is 0 Å². The van der Waals surface area contributed by atoms with Gasteiger partial charge < -0.3 is 5.32 Å². The molecular weight excluding hydrogens is 349 g/mol. The Bertz CT molecular complexity index is 1260. The van der Waals surface area contributed by atoms with Crippen molar-refractivity contribution in [1.82, 2.24) is 19.2 Å². The van der Waals surface area contributed by atoms with Crippen LogP contribution in [0.3, 0.4) is 0 Å². The third kappa shape index (κ3) is 2.95. The maximum Gasteiger partial charge on any atom is 0.277 e. The molecule has 0 unspecified atom stereocenters. The minimum atomic E-state index is -0.395. The molecule has 4 aromatic rings. The Balaban J connectivity index is 1.76. The van der Waals surface area contributed by atoms with E-state index in [1.807, 2.05) is 0 Å². The standard InChI is InChI=1S/C19H16FN5O2/c1-11-8-13(5-6-14(11)20)22-17(26)10-24-15-4-3-7-21-18(15)25-16(19(24)27)9-12(2)23-25/h3-9H,10H2,1-2H3,(H,22,26). The second-order valence-electron chi connectivity index (χ2n) is 6.33. The molecule has 0 aliphatic heterocycles. The molecule has 1 amide bonds. The van der Waals surface area contributed by atoms with E-state index < -0.39 is 5.91 Å². The van der Waals surface area contributed by atoms with E-state index in [4.69, 9.17) is 0 Å². The third-order valence-electron chi connectivity index (χ3n) is 4.30. The molecule has 3 heterocycles. The quantitative estimate of drug-likeness (QED) is 0.605. The number of carbonyl (C=O) groups excluding carboxylic acids is 1. The first-order valence-electron chi connectivity index (χ1n) is 8.34. The fraction of sp³-hybridized carbons (Fsp3) is 0.158. The molecule has 0 saturated heterocycles. The number of aryl methyl sites for hydroxylation is 2. The van der Waals surface area contributed by atoms with Crippen molar-refractivity contribution in [2.45, 2.75) is 20.4 Å². The van der Waals surface area contributed by atoms with Gasteiger partial charge in [0.25, 0.3) is 5.56 Å². The van der Waals surface area contributed by atoms with Crippen molar-refractivity contribution < 1.29 is 9.18 Å². The fourth-order valence-corrected chi connectivity index (χ4v) is 3.05. The highest BCUT2D eigenvalue weighted by atomic mass is 19.1. The summed E-state index contributed by atoms with van der Waals surface area (Å²) in [6.45, 7) is 3.21. The zero-order chi connectivity index (χ0) is 19.1. The molecule has 7 nitrogen and oxygen atoms in total. The second-order valence-corrected chi connectivity index (χ2v) is 6.33. The molecule has 0 fully saturated rings. The zero-order valence-electron chi connectivity index (χ0n) is 14.7. The molecule has 3 aromatic heterocycles. The molecule has 136 valence electrons. The first-order valence-corrected chi connectivity index (χ1v) is 8.34. The first-order chi connectivity index (χ1) is 12.9. The predicted molar refractivity (Wildman–Crippen MR) is 99.3 cm³/mol. The summed E-state index contributed by atoms with van der Waals surface area (Å²) in [6.07, 6.45) is 1.61. The van der Waals surface area contributed by atoms with Crippen molar-refractivity contribution in [3.05, 3.63) is 70.0 Å². The van der Waals surface area contributed by atoms with E-state index in [1.54, 1.807) is 44.3 Å². The van der Waals surface area contributed by atoms with Crippen molar-refractivity contribution in [2.75, 3.05) is 5.32 Å². The van der Waals surface area contributed by atoms with Crippen LogP contribution in [0.1, 0.15) is 11.3 Å². The number of hydrogen-bond donors (Lipinski definition) is 1. The number of amides is 1. The predicted octanol–water partition coefficient (Wildman–Crippen LogP) is 2.44. The Labute approximate surface area is 153 Å². The van der Waals surface area contributed by atoms with E-state index in [2.05, 4.69) is 15.4 Å². The number of hydrogen-bond acceptors (Lipinski definition) is 4. The lowest BCUT2D eigenvalue weighted by molar-refractivity contribution is -0.116. The van der Waals surface area contributed by atoms with Crippen LogP contribution in [0.25, 0.3) is 16.7 Å². The van der Waals surface area contributed by atoms with Crippen LogP contribution in [-0.4, -0.2) is 25.1 Å². The maximum absolute atomic E-state index is 13.4. The number of nitrogens with zero attached hydrogens (tertiary/aromatic N) is 4. The van der Waals surface area contributed by atoms with Gasteiger partial charge in [0.05, 0.1) is 11.2 Å². The van der Waals surface area contributed by atoms with E-state index in [9.17, 15) is 14.0 Å². The number of pyridine rings is 1. The number of benzene rings is 1. The average molecular weight is 365 g/mol. The molecule has 1 N–H and O–H groups in total. The van der Waals surface area contributed by atoms with Crippen molar-refractivity contribution in [2.24, 2.45) is 0 Å². The molecule has 0 radical (unpaired) electrons. The van der Waals surface area contributed by atoms with E-state index in [0.717, 1.165) is 0 Å². The molecular formula is C19H16FN5O2. The molecule has 27 heavy (non-hydrogen) atoms. The number of halogens is 1. The average Bonchev–Trinajstić information content (AvgIpc) is 3.04. The largest absolute Gasteiger partial charge is 0.325 e. The van der Waals surface area contributed by atoms with E-state index in [0.29, 0.717) is 33.6 Å². The Kier molecular flexibility index (Phi) is 3.95. The minimum absolute atomic E-state index is 0.196. The SMILES string of the molecule is Cc1cc2c(=O)n(CC(=O)Nc3ccc(F)c(C)c3)c3cccnc3n2n1. The van der Waals surface area contributed by atoms with Gasteiger partial charge >= 0.3 is 0 Å². The summed E-state index contributed by atoms with van der Waals surface area (Å²) in [6, 6.07) is 9.38. The van der Waals surface area contributed by atoms with E-state index >= 15 is 0 Å². The van der Waals surface area contributed by atoms with Crippen LogP contribution < -0.4 is 10.9 Å². The first kappa shape index (κ1) is 16.9. The molecule has 1 aromatic carbocycles.